The Hall–Kier alpha value is -1.55. The third-order valence-electron chi connectivity index (χ3n) is 2.28. The highest BCUT2D eigenvalue weighted by Gasteiger charge is 2.14. The molecular formula is C11H16N2O2. The van der Waals surface area contributed by atoms with Gasteiger partial charge in [0.25, 0.3) is 0 Å². The molecule has 0 fully saturated rings. The molecule has 1 aromatic rings. The number of aromatic hydroxyl groups is 1. The lowest BCUT2D eigenvalue weighted by molar-refractivity contribution is -0.117. The molecule has 0 spiro atoms. The molecule has 0 aliphatic heterocycles. The first-order valence-corrected chi connectivity index (χ1v) is 4.90. The molecule has 1 rings (SSSR count). The van der Waals surface area contributed by atoms with Gasteiger partial charge in [-0.3, -0.25) is 4.79 Å². The number of likely N-dealkylation sites (N-methyl/N-ethyl adjacent to an activating group) is 1. The molecule has 0 saturated carbocycles. The van der Waals surface area contributed by atoms with Crippen LogP contribution in [0.3, 0.4) is 0 Å². The number of phenolic OH excluding ortho intramolecular Hbond substituents is 1. The molecule has 0 aliphatic carbocycles. The third-order valence-corrected chi connectivity index (χ3v) is 2.28. The summed E-state index contributed by atoms with van der Waals surface area (Å²) in [4.78, 5) is 13.1. The lowest BCUT2D eigenvalue weighted by Crippen LogP contribution is -2.36. The van der Waals surface area contributed by atoms with Crippen LogP contribution in [-0.2, 0) is 4.79 Å². The largest absolute Gasteiger partial charge is 0.508 e. The molecule has 0 saturated heterocycles. The molecule has 0 atom stereocenters. The van der Waals surface area contributed by atoms with Gasteiger partial charge in [0.05, 0.1) is 12.2 Å². The summed E-state index contributed by atoms with van der Waals surface area (Å²) in [5.41, 5.74) is 6.98. The molecule has 4 nitrogen and oxygen atoms in total. The highest BCUT2D eigenvalue weighted by molar-refractivity contribution is 5.95. The van der Waals surface area contributed by atoms with E-state index >= 15 is 0 Å². The van der Waals surface area contributed by atoms with Crippen molar-refractivity contribution in [1.82, 2.24) is 0 Å². The van der Waals surface area contributed by atoms with Crippen molar-refractivity contribution in [2.24, 2.45) is 5.73 Å². The number of hydrogen-bond acceptors (Lipinski definition) is 3. The number of nitrogens with two attached hydrogens (primary N) is 1. The Morgan fingerprint density at radius 1 is 1.53 bits per heavy atom. The second-order valence-corrected chi connectivity index (χ2v) is 3.31. The van der Waals surface area contributed by atoms with Gasteiger partial charge in [-0.05, 0) is 25.5 Å². The molecule has 0 aliphatic rings. The van der Waals surface area contributed by atoms with Gasteiger partial charge in [0, 0.05) is 12.6 Å². The maximum Gasteiger partial charge on any atom is 0.240 e. The van der Waals surface area contributed by atoms with Crippen LogP contribution >= 0.6 is 0 Å². The van der Waals surface area contributed by atoms with Crippen molar-refractivity contribution in [3.63, 3.8) is 0 Å². The lowest BCUT2D eigenvalue weighted by atomic mass is 10.1. The van der Waals surface area contributed by atoms with E-state index in [2.05, 4.69) is 0 Å². The zero-order valence-corrected chi connectivity index (χ0v) is 9.03. The fourth-order valence-corrected chi connectivity index (χ4v) is 1.48. The Labute approximate surface area is 89.3 Å². The summed E-state index contributed by atoms with van der Waals surface area (Å²) in [7, 11) is 0. The first-order chi connectivity index (χ1) is 7.10. The first-order valence-electron chi connectivity index (χ1n) is 4.90. The second-order valence-electron chi connectivity index (χ2n) is 3.31. The average molecular weight is 208 g/mol. The van der Waals surface area contributed by atoms with Crippen LogP contribution in [0.1, 0.15) is 12.5 Å². The molecule has 1 amide bonds. The summed E-state index contributed by atoms with van der Waals surface area (Å²) in [6.07, 6.45) is 0. The van der Waals surface area contributed by atoms with E-state index in [4.69, 9.17) is 5.73 Å². The smallest absolute Gasteiger partial charge is 0.240 e. The van der Waals surface area contributed by atoms with E-state index in [0.717, 1.165) is 5.56 Å². The van der Waals surface area contributed by atoms with E-state index < -0.39 is 0 Å². The van der Waals surface area contributed by atoms with Crippen LogP contribution in [0.5, 0.6) is 5.75 Å². The number of amides is 1. The minimum Gasteiger partial charge on any atom is -0.508 e. The first kappa shape index (κ1) is 11.5. The van der Waals surface area contributed by atoms with Crippen LogP contribution in [0.4, 0.5) is 5.69 Å². The zero-order valence-electron chi connectivity index (χ0n) is 9.03. The van der Waals surface area contributed by atoms with E-state index in [0.29, 0.717) is 12.2 Å². The number of rotatable bonds is 3. The molecular weight excluding hydrogens is 192 g/mol. The number of anilines is 1. The van der Waals surface area contributed by atoms with E-state index in [9.17, 15) is 9.90 Å². The molecule has 0 aromatic heterocycles. The molecule has 1 aromatic carbocycles. The Balaban J connectivity index is 3.11. The van der Waals surface area contributed by atoms with Gasteiger partial charge in [0.15, 0.2) is 0 Å². The maximum atomic E-state index is 11.5. The maximum absolute atomic E-state index is 11.5. The summed E-state index contributed by atoms with van der Waals surface area (Å²) >= 11 is 0. The monoisotopic (exact) mass is 208 g/mol. The van der Waals surface area contributed by atoms with E-state index in [1.165, 1.54) is 0 Å². The van der Waals surface area contributed by atoms with Gasteiger partial charge in [-0.2, -0.15) is 0 Å². The van der Waals surface area contributed by atoms with E-state index in [-0.39, 0.29) is 18.2 Å². The highest BCUT2D eigenvalue weighted by atomic mass is 16.3. The molecule has 3 N–H and O–H groups in total. The van der Waals surface area contributed by atoms with Crippen LogP contribution in [0.15, 0.2) is 18.2 Å². The number of benzene rings is 1. The Morgan fingerprint density at radius 3 is 2.73 bits per heavy atom. The number of carbonyl (C=O) groups excluding carboxylic acids is 1. The van der Waals surface area contributed by atoms with Gasteiger partial charge in [-0.1, -0.05) is 6.07 Å². The van der Waals surface area contributed by atoms with Crippen molar-refractivity contribution in [3.05, 3.63) is 23.8 Å². The van der Waals surface area contributed by atoms with E-state index in [1.54, 1.807) is 23.1 Å². The predicted octanol–water partition coefficient (Wildman–Crippen LogP) is 1.01. The quantitative estimate of drug-likeness (QED) is 0.779. The van der Waals surface area contributed by atoms with Crippen LogP contribution < -0.4 is 10.6 Å². The fraction of sp³-hybridized carbons (Fsp3) is 0.364. The Kier molecular flexibility index (Phi) is 3.68. The number of phenols is 1. The molecule has 0 bridgehead atoms. The van der Waals surface area contributed by atoms with Crippen molar-refractivity contribution in [3.8, 4) is 5.75 Å². The lowest BCUT2D eigenvalue weighted by Gasteiger charge is -2.22. The van der Waals surface area contributed by atoms with Gasteiger partial charge < -0.3 is 15.7 Å². The van der Waals surface area contributed by atoms with Gasteiger partial charge in [-0.25, -0.2) is 0 Å². The van der Waals surface area contributed by atoms with Crippen LogP contribution in [0, 0.1) is 6.92 Å². The third kappa shape index (κ3) is 2.47. The van der Waals surface area contributed by atoms with Crippen LogP contribution in [-0.4, -0.2) is 24.1 Å². The molecule has 15 heavy (non-hydrogen) atoms. The molecule has 0 radical (unpaired) electrons. The number of hydrogen-bond donors (Lipinski definition) is 2. The molecule has 0 unspecified atom stereocenters. The van der Waals surface area contributed by atoms with Crippen LogP contribution in [0.25, 0.3) is 0 Å². The van der Waals surface area contributed by atoms with Gasteiger partial charge in [-0.15, -0.1) is 0 Å². The van der Waals surface area contributed by atoms with Crippen molar-refractivity contribution in [2.75, 3.05) is 18.0 Å². The highest BCUT2D eigenvalue weighted by Crippen LogP contribution is 2.24. The Bertz CT molecular complexity index is 364. The SMILES string of the molecule is CCN(C(=O)CN)c1cc(O)ccc1C. The average Bonchev–Trinajstić information content (AvgIpc) is 2.23. The van der Waals surface area contributed by atoms with Gasteiger partial charge in [0.2, 0.25) is 5.91 Å². The van der Waals surface area contributed by atoms with E-state index in [1.807, 2.05) is 13.8 Å². The standard InChI is InChI=1S/C11H16N2O2/c1-3-13(11(15)7-12)10-6-9(14)5-4-8(10)2/h4-6,14H,3,7,12H2,1-2H3. The van der Waals surface area contributed by atoms with Crippen molar-refractivity contribution in [1.29, 1.82) is 0 Å². The van der Waals surface area contributed by atoms with Gasteiger partial charge in [0.1, 0.15) is 5.75 Å². The second kappa shape index (κ2) is 4.79. The summed E-state index contributed by atoms with van der Waals surface area (Å²) in [6, 6.07) is 4.95. The normalized spacial score (nSPS) is 10.1. The number of nitrogens with zero attached hydrogens (tertiary/aromatic N) is 1. The van der Waals surface area contributed by atoms with Crippen LogP contribution in [0.2, 0.25) is 0 Å². The minimum atomic E-state index is -0.147. The molecule has 4 heteroatoms. The summed E-state index contributed by atoms with van der Waals surface area (Å²) in [6.45, 7) is 4.28. The number of aryl methyl sites for hydroxylation is 1. The summed E-state index contributed by atoms with van der Waals surface area (Å²) < 4.78 is 0. The van der Waals surface area contributed by atoms with Crippen molar-refractivity contribution < 1.29 is 9.90 Å². The Morgan fingerprint density at radius 2 is 2.20 bits per heavy atom. The minimum absolute atomic E-state index is 0.0249. The zero-order chi connectivity index (χ0) is 11.4. The summed E-state index contributed by atoms with van der Waals surface area (Å²) in [5.74, 6) is 0.00470. The van der Waals surface area contributed by atoms with Crippen molar-refractivity contribution >= 4 is 11.6 Å². The van der Waals surface area contributed by atoms with Gasteiger partial charge >= 0.3 is 0 Å². The fourth-order valence-electron chi connectivity index (χ4n) is 1.48. The van der Waals surface area contributed by atoms with Crippen molar-refractivity contribution in [2.45, 2.75) is 13.8 Å². The topological polar surface area (TPSA) is 66.6 Å². The predicted molar refractivity (Wildman–Crippen MR) is 59.9 cm³/mol. The molecule has 0 heterocycles. The summed E-state index contributed by atoms with van der Waals surface area (Å²) in [5, 5.41) is 9.37. The number of carbonyl (C=O) groups is 1. The molecule has 82 valence electrons.